The number of hydrogen-bond donors (Lipinski definition) is 1. The zero-order chi connectivity index (χ0) is 17.9. The number of furan rings is 1. The van der Waals surface area contributed by atoms with E-state index in [1.807, 2.05) is 35.2 Å². The topological polar surface area (TPSA) is 62.9 Å². The van der Waals surface area contributed by atoms with E-state index in [1.54, 1.807) is 26.6 Å². The minimum atomic E-state index is -1.09. The number of likely N-dealkylation sites (tertiary alicyclic amines) is 1. The number of rotatable bonds is 6. The van der Waals surface area contributed by atoms with Gasteiger partial charge in [-0.3, -0.25) is 4.79 Å². The van der Waals surface area contributed by atoms with E-state index in [1.165, 1.54) is 0 Å². The van der Waals surface area contributed by atoms with Gasteiger partial charge in [0.2, 0.25) is 5.91 Å². The van der Waals surface area contributed by atoms with Crippen LogP contribution in [-0.2, 0) is 16.8 Å². The molecule has 1 aliphatic heterocycles. The number of carbonyl (C=O) groups is 1. The average Bonchev–Trinajstić information content (AvgIpc) is 3.31. The van der Waals surface area contributed by atoms with Crippen molar-refractivity contribution in [1.29, 1.82) is 0 Å². The van der Waals surface area contributed by atoms with Gasteiger partial charge in [-0.2, -0.15) is 0 Å². The molecule has 1 fully saturated rings. The van der Waals surface area contributed by atoms with E-state index >= 15 is 0 Å². The number of amides is 1. The van der Waals surface area contributed by atoms with Crippen LogP contribution < -0.4 is 4.74 Å². The molecule has 1 saturated heterocycles. The molecule has 134 valence electrons. The second-order valence-electron chi connectivity index (χ2n) is 6.75. The number of benzene rings is 1. The molecule has 1 aromatic carbocycles. The van der Waals surface area contributed by atoms with E-state index in [0.29, 0.717) is 19.4 Å². The van der Waals surface area contributed by atoms with Crippen molar-refractivity contribution in [2.75, 3.05) is 13.7 Å². The summed E-state index contributed by atoms with van der Waals surface area (Å²) in [4.78, 5) is 14.5. The molecule has 1 N–H and O–H groups in total. The van der Waals surface area contributed by atoms with Crippen molar-refractivity contribution in [3.63, 3.8) is 0 Å². The van der Waals surface area contributed by atoms with Crippen molar-refractivity contribution in [3.8, 4) is 5.75 Å². The number of nitrogens with zero attached hydrogens (tertiary/aromatic N) is 1. The summed E-state index contributed by atoms with van der Waals surface area (Å²) in [6, 6.07) is 9.07. The highest BCUT2D eigenvalue weighted by Crippen LogP contribution is 2.35. The normalized spacial score (nSPS) is 19.6. The number of methoxy groups -OCH3 is 1. The molecule has 2 unspecified atom stereocenters. The van der Waals surface area contributed by atoms with Crippen LogP contribution in [0.5, 0.6) is 5.75 Å². The van der Waals surface area contributed by atoms with E-state index in [2.05, 4.69) is 0 Å². The van der Waals surface area contributed by atoms with Gasteiger partial charge in [0, 0.05) is 13.0 Å². The number of aliphatic hydroxyl groups is 1. The standard InChI is InChI=1S/C20H25NO4/c1-20(23,16-6-8-17(24-2)9-7-16)18-4-3-12-21(18)19(22)10-5-15-11-13-25-14-15/h6-9,11,13-14,18,23H,3-5,10,12H2,1-2H3. The molecule has 0 bridgehead atoms. The second-order valence-corrected chi connectivity index (χ2v) is 6.75. The molecule has 3 rings (SSSR count). The Bertz CT molecular complexity index is 691. The first kappa shape index (κ1) is 17.5. The fourth-order valence-corrected chi connectivity index (χ4v) is 3.60. The van der Waals surface area contributed by atoms with Crippen molar-refractivity contribution in [1.82, 2.24) is 4.90 Å². The lowest BCUT2D eigenvalue weighted by Gasteiger charge is -2.37. The van der Waals surface area contributed by atoms with Crippen LogP contribution in [0.1, 0.15) is 37.3 Å². The SMILES string of the molecule is COc1ccc(C(C)(O)C2CCCN2C(=O)CCc2ccoc2)cc1. The number of carbonyl (C=O) groups excluding carboxylic acids is 1. The molecule has 25 heavy (non-hydrogen) atoms. The lowest BCUT2D eigenvalue weighted by molar-refractivity contribution is -0.137. The summed E-state index contributed by atoms with van der Waals surface area (Å²) in [5, 5.41) is 11.2. The maximum atomic E-state index is 12.7. The van der Waals surface area contributed by atoms with Crippen LogP contribution in [0, 0.1) is 0 Å². The molecule has 0 spiro atoms. The molecule has 5 heteroatoms. The predicted molar refractivity (Wildman–Crippen MR) is 94.3 cm³/mol. The molecule has 1 aromatic heterocycles. The number of ether oxygens (including phenoxy) is 1. The monoisotopic (exact) mass is 343 g/mol. The van der Waals surface area contributed by atoms with Gasteiger partial charge in [0.1, 0.15) is 11.4 Å². The molecular weight excluding hydrogens is 318 g/mol. The van der Waals surface area contributed by atoms with Crippen LogP contribution >= 0.6 is 0 Å². The highest BCUT2D eigenvalue weighted by Gasteiger charge is 2.42. The zero-order valence-electron chi connectivity index (χ0n) is 14.8. The van der Waals surface area contributed by atoms with Gasteiger partial charge >= 0.3 is 0 Å². The lowest BCUT2D eigenvalue weighted by atomic mass is 9.86. The van der Waals surface area contributed by atoms with Crippen LogP contribution in [0.3, 0.4) is 0 Å². The summed E-state index contributed by atoms with van der Waals surface area (Å²) in [6.45, 7) is 2.49. The van der Waals surface area contributed by atoms with Crippen molar-refractivity contribution in [2.24, 2.45) is 0 Å². The second kappa shape index (κ2) is 7.31. The first-order chi connectivity index (χ1) is 12.0. The summed E-state index contributed by atoms with van der Waals surface area (Å²) in [6.07, 6.45) is 6.08. The van der Waals surface area contributed by atoms with Crippen LogP contribution in [0.15, 0.2) is 47.3 Å². The van der Waals surface area contributed by atoms with E-state index in [4.69, 9.17) is 9.15 Å². The third-order valence-electron chi connectivity index (χ3n) is 5.10. The average molecular weight is 343 g/mol. The first-order valence-electron chi connectivity index (χ1n) is 8.70. The van der Waals surface area contributed by atoms with Crippen molar-refractivity contribution >= 4 is 5.91 Å². The molecular formula is C20H25NO4. The summed E-state index contributed by atoms with van der Waals surface area (Å²) in [5.41, 5.74) is 0.729. The van der Waals surface area contributed by atoms with Gasteiger partial charge in [-0.25, -0.2) is 0 Å². The van der Waals surface area contributed by atoms with Gasteiger partial charge < -0.3 is 19.2 Å². The first-order valence-corrected chi connectivity index (χ1v) is 8.70. The molecule has 2 atom stereocenters. The Labute approximate surface area is 148 Å². The summed E-state index contributed by atoms with van der Waals surface area (Å²) in [5.74, 6) is 0.830. The molecule has 0 saturated carbocycles. The minimum Gasteiger partial charge on any atom is -0.497 e. The van der Waals surface area contributed by atoms with Gasteiger partial charge in [0.25, 0.3) is 0 Å². The van der Waals surface area contributed by atoms with Gasteiger partial charge in [-0.05, 0) is 55.5 Å². The maximum absolute atomic E-state index is 12.7. The van der Waals surface area contributed by atoms with Gasteiger partial charge in [-0.15, -0.1) is 0 Å². The molecule has 5 nitrogen and oxygen atoms in total. The Morgan fingerprint density at radius 1 is 1.36 bits per heavy atom. The Balaban J connectivity index is 1.71. The van der Waals surface area contributed by atoms with Crippen LogP contribution in [0.4, 0.5) is 0 Å². The van der Waals surface area contributed by atoms with Gasteiger partial charge in [-0.1, -0.05) is 12.1 Å². The summed E-state index contributed by atoms with van der Waals surface area (Å²) >= 11 is 0. The number of aryl methyl sites for hydroxylation is 1. The molecule has 0 aliphatic carbocycles. The highest BCUT2D eigenvalue weighted by molar-refractivity contribution is 5.77. The Morgan fingerprint density at radius 3 is 2.76 bits per heavy atom. The predicted octanol–water partition coefficient (Wildman–Crippen LogP) is 3.12. The fraction of sp³-hybridized carbons (Fsp3) is 0.450. The highest BCUT2D eigenvalue weighted by atomic mass is 16.5. The molecule has 0 radical (unpaired) electrons. The number of hydrogen-bond acceptors (Lipinski definition) is 4. The van der Waals surface area contributed by atoms with Crippen LogP contribution in [-0.4, -0.2) is 35.6 Å². The lowest BCUT2D eigenvalue weighted by Crippen LogP contribution is -2.48. The largest absolute Gasteiger partial charge is 0.497 e. The summed E-state index contributed by atoms with van der Waals surface area (Å²) in [7, 11) is 1.62. The maximum Gasteiger partial charge on any atom is 0.223 e. The minimum absolute atomic E-state index is 0.0810. The quantitative estimate of drug-likeness (QED) is 0.875. The smallest absolute Gasteiger partial charge is 0.223 e. The van der Waals surface area contributed by atoms with Crippen LogP contribution in [0.2, 0.25) is 0 Å². The molecule has 2 aromatic rings. The van der Waals surface area contributed by atoms with E-state index in [-0.39, 0.29) is 11.9 Å². The zero-order valence-corrected chi connectivity index (χ0v) is 14.8. The van der Waals surface area contributed by atoms with E-state index in [9.17, 15) is 9.90 Å². The van der Waals surface area contributed by atoms with Gasteiger partial charge in [0.05, 0.1) is 25.7 Å². The van der Waals surface area contributed by atoms with E-state index in [0.717, 1.165) is 29.7 Å². The Morgan fingerprint density at radius 2 is 2.12 bits per heavy atom. The van der Waals surface area contributed by atoms with Crippen molar-refractivity contribution in [3.05, 3.63) is 54.0 Å². The molecule has 1 amide bonds. The van der Waals surface area contributed by atoms with E-state index < -0.39 is 5.60 Å². The third kappa shape index (κ3) is 3.71. The van der Waals surface area contributed by atoms with Crippen molar-refractivity contribution < 1.29 is 19.1 Å². The third-order valence-corrected chi connectivity index (χ3v) is 5.10. The fourth-order valence-electron chi connectivity index (χ4n) is 3.60. The Hall–Kier alpha value is -2.27. The Kier molecular flexibility index (Phi) is 5.13. The van der Waals surface area contributed by atoms with Crippen molar-refractivity contribution in [2.45, 2.75) is 44.2 Å². The summed E-state index contributed by atoms with van der Waals surface area (Å²) < 4.78 is 10.2. The van der Waals surface area contributed by atoms with Crippen LogP contribution in [0.25, 0.3) is 0 Å². The van der Waals surface area contributed by atoms with Gasteiger partial charge in [0.15, 0.2) is 0 Å². The molecule has 2 heterocycles. The molecule has 1 aliphatic rings.